The van der Waals surface area contributed by atoms with Crippen LogP contribution < -0.4 is 16.0 Å². The molecule has 0 heterocycles. The summed E-state index contributed by atoms with van der Waals surface area (Å²) in [7, 11) is 0. The number of nitrogens with one attached hydrogen (secondary N) is 3. The number of carbonyl (C=O) groups is 3. The number of carbonyl (C=O) groups excluding carboxylic acids is 3. The molecule has 0 bridgehead atoms. The van der Waals surface area contributed by atoms with Crippen LogP contribution in [0.15, 0.2) is 114 Å². The summed E-state index contributed by atoms with van der Waals surface area (Å²) >= 11 is 13.5. The van der Waals surface area contributed by atoms with Gasteiger partial charge in [-0.15, -0.1) is 11.8 Å². The van der Waals surface area contributed by atoms with Crippen molar-refractivity contribution in [2.75, 3.05) is 10.6 Å². The zero-order chi connectivity index (χ0) is 28.5. The Bertz CT molecular complexity index is 1530. The molecule has 0 spiro atoms. The van der Waals surface area contributed by atoms with Gasteiger partial charge in [0.2, 0.25) is 5.91 Å². The molecule has 0 fully saturated rings. The molecule has 0 radical (unpaired) electrons. The van der Waals surface area contributed by atoms with Gasteiger partial charge in [0, 0.05) is 21.2 Å². The highest BCUT2D eigenvalue weighted by molar-refractivity contribution is 8.00. The summed E-state index contributed by atoms with van der Waals surface area (Å²) in [6, 6.07) is 29.7. The number of halogens is 2. The summed E-state index contributed by atoms with van der Waals surface area (Å²) in [5, 5.41) is 9.00. The topological polar surface area (TPSA) is 87.3 Å². The third-order valence-electron chi connectivity index (χ3n) is 5.64. The molecule has 0 aromatic heterocycles. The molecule has 4 aromatic rings. The van der Waals surface area contributed by atoms with Crippen molar-refractivity contribution in [1.82, 2.24) is 5.32 Å². The molecule has 1 atom stereocenters. The molecule has 0 aliphatic carbocycles. The van der Waals surface area contributed by atoms with Gasteiger partial charge in [0.1, 0.15) is 5.70 Å². The number of rotatable bonds is 9. The second-order valence-corrected chi connectivity index (χ2v) is 10.9. The molecule has 0 aliphatic heterocycles. The van der Waals surface area contributed by atoms with Gasteiger partial charge in [-0.05, 0) is 79.2 Å². The minimum Gasteiger partial charge on any atom is -0.324 e. The van der Waals surface area contributed by atoms with Crippen LogP contribution in [0, 0.1) is 0 Å². The highest BCUT2D eigenvalue weighted by Gasteiger charge is 2.17. The molecule has 9 heteroatoms. The van der Waals surface area contributed by atoms with Crippen molar-refractivity contribution in [1.29, 1.82) is 0 Å². The van der Waals surface area contributed by atoms with Crippen molar-refractivity contribution in [3.8, 4) is 0 Å². The van der Waals surface area contributed by atoms with Gasteiger partial charge >= 0.3 is 0 Å². The summed E-state index contributed by atoms with van der Waals surface area (Å²) in [5.41, 5.74) is 2.27. The number of para-hydroxylation sites is 1. The number of anilines is 2. The van der Waals surface area contributed by atoms with Gasteiger partial charge in [-0.25, -0.2) is 0 Å². The van der Waals surface area contributed by atoms with Crippen LogP contribution in [0.4, 0.5) is 11.4 Å². The number of hydrogen-bond acceptors (Lipinski definition) is 4. The van der Waals surface area contributed by atoms with Crippen LogP contribution in [-0.4, -0.2) is 23.0 Å². The largest absolute Gasteiger partial charge is 0.324 e. The van der Waals surface area contributed by atoms with Gasteiger partial charge in [-0.2, -0.15) is 0 Å². The zero-order valence-corrected chi connectivity index (χ0v) is 23.7. The Morgan fingerprint density at radius 3 is 2.10 bits per heavy atom. The SMILES string of the molecule is CC(Sc1ccc(NC(=O)/C(=C/c2ccc(Cl)cc2)NC(=O)c2ccccc2)cc1)C(=O)Nc1ccccc1Cl. The van der Waals surface area contributed by atoms with E-state index in [1.807, 2.05) is 18.2 Å². The number of benzene rings is 4. The van der Waals surface area contributed by atoms with Gasteiger partial charge in [0.25, 0.3) is 11.8 Å². The average Bonchev–Trinajstić information content (AvgIpc) is 2.96. The van der Waals surface area contributed by atoms with E-state index in [4.69, 9.17) is 23.2 Å². The van der Waals surface area contributed by atoms with Crippen molar-refractivity contribution in [2.24, 2.45) is 0 Å². The van der Waals surface area contributed by atoms with Crippen LogP contribution in [0.25, 0.3) is 6.08 Å². The van der Waals surface area contributed by atoms with Crippen molar-refractivity contribution >= 4 is 70.1 Å². The summed E-state index contributed by atoms with van der Waals surface area (Å²) in [5.74, 6) is -1.08. The standard InChI is InChI=1S/C31H25Cl2N3O3S/c1-20(29(37)35-27-10-6-5-9-26(27)33)40-25-17-15-24(16-18-25)34-31(39)28(19-21-11-13-23(32)14-12-21)36-30(38)22-7-3-2-4-8-22/h2-20H,1H3,(H,34,39)(H,35,37)(H,36,38)/b28-19-. The summed E-state index contributed by atoms with van der Waals surface area (Å²) in [6.07, 6.45) is 1.58. The molecule has 0 aliphatic rings. The fourth-order valence-corrected chi connectivity index (χ4v) is 4.71. The Balaban J connectivity index is 1.43. The maximum atomic E-state index is 13.2. The first-order chi connectivity index (χ1) is 19.3. The van der Waals surface area contributed by atoms with Crippen molar-refractivity contribution in [2.45, 2.75) is 17.1 Å². The Morgan fingerprint density at radius 2 is 1.43 bits per heavy atom. The van der Waals surface area contributed by atoms with Crippen LogP contribution in [0.3, 0.4) is 0 Å². The molecule has 3 amide bonds. The third-order valence-corrected chi connectivity index (χ3v) is 7.33. The molecule has 202 valence electrons. The molecule has 3 N–H and O–H groups in total. The first-order valence-electron chi connectivity index (χ1n) is 12.3. The second kappa shape index (κ2) is 13.8. The minimum atomic E-state index is -0.493. The third kappa shape index (κ3) is 8.23. The number of amides is 3. The maximum absolute atomic E-state index is 13.2. The van der Waals surface area contributed by atoms with Crippen LogP contribution in [0.2, 0.25) is 10.0 Å². The summed E-state index contributed by atoms with van der Waals surface area (Å²) in [4.78, 5) is 39.5. The van der Waals surface area contributed by atoms with E-state index in [2.05, 4.69) is 16.0 Å². The normalized spacial score (nSPS) is 11.8. The molecule has 6 nitrogen and oxygen atoms in total. The molecule has 40 heavy (non-hydrogen) atoms. The fraction of sp³-hybridized carbons (Fsp3) is 0.0645. The van der Waals surface area contributed by atoms with E-state index in [0.29, 0.717) is 32.5 Å². The monoisotopic (exact) mass is 589 g/mol. The number of thioether (sulfide) groups is 1. The van der Waals surface area contributed by atoms with Crippen LogP contribution >= 0.6 is 35.0 Å². The van der Waals surface area contributed by atoms with Gasteiger partial charge in [0.05, 0.1) is 16.0 Å². The van der Waals surface area contributed by atoms with E-state index in [-0.39, 0.29) is 16.9 Å². The highest BCUT2D eigenvalue weighted by atomic mass is 35.5. The van der Waals surface area contributed by atoms with Crippen molar-refractivity contribution < 1.29 is 14.4 Å². The highest BCUT2D eigenvalue weighted by Crippen LogP contribution is 2.27. The first kappa shape index (κ1) is 29.0. The molecular weight excluding hydrogens is 565 g/mol. The van der Waals surface area contributed by atoms with Gasteiger partial charge in [-0.3, -0.25) is 14.4 Å². The summed E-state index contributed by atoms with van der Waals surface area (Å²) < 4.78 is 0. The molecule has 4 aromatic carbocycles. The van der Waals surface area contributed by atoms with Gasteiger partial charge in [0.15, 0.2) is 0 Å². The Hall–Kier alpha value is -4.04. The molecule has 0 saturated carbocycles. The fourth-order valence-electron chi connectivity index (χ4n) is 3.54. The van der Waals surface area contributed by atoms with E-state index in [9.17, 15) is 14.4 Å². The molecule has 0 saturated heterocycles. The quantitative estimate of drug-likeness (QED) is 0.139. The van der Waals surface area contributed by atoms with Crippen LogP contribution in [-0.2, 0) is 9.59 Å². The Labute approximate surface area is 246 Å². The molecular formula is C31H25Cl2N3O3S. The van der Waals surface area contributed by atoms with Crippen molar-refractivity contribution in [3.05, 3.63) is 130 Å². The van der Waals surface area contributed by atoms with E-state index < -0.39 is 11.8 Å². The summed E-state index contributed by atoms with van der Waals surface area (Å²) in [6.45, 7) is 1.80. The predicted molar refractivity (Wildman–Crippen MR) is 164 cm³/mol. The Kier molecular flexibility index (Phi) is 10.0. The van der Waals surface area contributed by atoms with Gasteiger partial charge < -0.3 is 16.0 Å². The lowest BCUT2D eigenvalue weighted by Crippen LogP contribution is -2.30. The van der Waals surface area contributed by atoms with Crippen LogP contribution in [0.1, 0.15) is 22.8 Å². The number of hydrogen-bond donors (Lipinski definition) is 3. The predicted octanol–water partition coefficient (Wildman–Crippen LogP) is 7.52. The van der Waals surface area contributed by atoms with E-state index in [1.165, 1.54) is 11.8 Å². The second-order valence-electron chi connectivity index (χ2n) is 8.64. The lowest BCUT2D eigenvalue weighted by Gasteiger charge is -2.14. The zero-order valence-electron chi connectivity index (χ0n) is 21.4. The van der Waals surface area contributed by atoms with Crippen LogP contribution in [0.5, 0.6) is 0 Å². The van der Waals surface area contributed by atoms with E-state index in [1.54, 1.807) is 97.9 Å². The lowest BCUT2D eigenvalue weighted by molar-refractivity contribution is -0.115. The minimum absolute atomic E-state index is 0.0690. The first-order valence-corrected chi connectivity index (χ1v) is 13.9. The smallest absolute Gasteiger partial charge is 0.272 e. The average molecular weight is 591 g/mol. The van der Waals surface area contributed by atoms with Gasteiger partial charge in [-0.1, -0.05) is 65.7 Å². The maximum Gasteiger partial charge on any atom is 0.272 e. The molecule has 4 rings (SSSR count). The van der Waals surface area contributed by atoms with E-state index >= 15 is 0 Å². The van der Waals surface area contributed by atoms with E-state index in [0.717, 1.165) is 4.90 Å². The molecule has 1 unspecified atom stereocenters. The Morgan fingerprint density at radius 1 is 0.775 bits per heavy atom. The van der Waals surface area contributed by atoms with Crippen molar-refractivity contribution in [3.63, 3.8) is 0 Å². The lowest BCUT2D eigenvalue weighted by atomic mass is 10.1.